The Labute approximate surface area is 197 Å². The van der Waals surface area contributed by atoms with Crippen LogP contribution in [-0.4, -0.2) is 0 Å². The van der Waals surface area contributed by atoms with Crippen molar-refractivity contribution >= 4 is 0 Å². The lowest BCUT2D eigenvalue weighted by Crippen LogP contribution is -2.21. The van der Waals surface area contributed by atoms with E-state index in [1.54, 1.807) is 0 Å². The first-order chi connectivity index (χ1) is 16.1. The first-order valence-electron chi connectivity index (χ1n) is 11.8. The van der Waals surface area contributed by atoms with E-state index in [0.29, 0.717) is 0 Å². The highest BCUT2D eigenvalue weighted by Crippen LogP contribution is 2.35. The predicted octanol–water partition coefficient (Wildman–Crippen LogP) is 8.96. The van der Waals surface area contributed by atoms with Gasteiger partial charge < -0.3 is 9.47 Å². The summed E-state index contributed by atoms with van der Waals surface area (Å²) in [5.41, 5.74) is 2.82. The summed E-state index contributed by atoms with van der Waals surface area (Å²) in [5.74, 6) is 3.50. The Morgan fingerprint density at radius 3 is 1.76 bits per heavy atom. The van der Waals surface area contributed by atoms with E-state index < -0.39 is 0 Å². The fraction of sp³-hybridized carbons (Fsp3) is 0.226. The molecular weight excluding hydrogens is 404 g/mol. The average molecular weight is 437 g/mol. The first kappa shape index (κ1) is 22.7. The maximum Gasteiger partial charge on any atom is 0.127 e. The molecule has 0 N–H and O–H groups in total. The molecule has 2 heteroatoms. The van der Waals surface area contributed by atoms with Crippen LogP contribution in [0.25, 0.3) is 0 Å². The molecule has 4 rings (SSSR count). The second-order valence-electron chi connectivity index (χ2n) is 8.77. The third-order valence-electron chi connectivity index (χ3n) is 6.38. The number of benzene rings is 4. The lowest BCUT2D eigenvalue weighted by atomic mass is 9.76. The Balaban J connectivity index is 1.35. The third-order valence-corrected chi connectivity index (χ3v) is 6.38. The van der Waals surface area contributed by atoms with E-state index in [4.69, 9.17) is 9.47 Å². The minimum atomic E-state index is 0.142. The molecule has 1 atom stereocenters. The van der Waals surface area contributed by atoms with Gasteiger partial charge in [-0.05, 0) is 90.8 Å². The number of ether oxygens (including phenoxy) is 2. The van der Waals surface area contributed by atoms with E-state index in [1.807, 2.05) is 66.7 Å². The van der Waals surface area contributed by atoms with E-state index in [-0.39, 0.29) is 5.41 Å². The van der Waals surface area contributed by atoms with E-state index in [0.717, 1.165) is 48.7 Å². The molecule has 1 unspecified atom stereocenters. The fourth-order valence-corrected chi connectivity index (χ4v) is 4.15. The van der Waals surface area contributed by atoms with Gasteiger partial charge in [0.1, 0.15) is 23.0 Å². The maximum atomic E-state index is 6.00. The van der Waals surface area contributed by atoms with Gasteiger partial charge in [-0.3, -0.25) is 0 Å². The Morgan fingerprint density at radius 2 is 1.15 bits per heavy atom. The molecule has 0 radical (unpaired) electrons. The summed E-state index contributed by atoms with van der Waals surface area (Å²) >= 11 is 0. The van der Waals surface area contributed by atoms with E-state index in [2.05, 4.69) is 56.3 Å². The summed E-state index contributed by atoms with van der Waals surface area (Å²) in [6.45, 7) is 4.65. The van der Waals surface area contributed by atoms with Crippen LogP contribution >= 0.6 is 0 Å². The second-order valence-corrected chi connectivity index (χ2v) is 8.77. The highest BCUT2D eigenvalue weighted by Gasteiger charge is 2.24. The van der Waals surface area contributed by atoms with Gasteiger partial charge >= 0.3 is 0 Å². The zero-order valence-corrected chi connectivity index (χ0v) is 19.5. The summed E-state index contributed by atoms with van der Waals surface area (Å²) in [6.07, 6.45) is 4.40. The third kappa shape index (κ3) is 6.26. The molecule has 0 aromatic heterocycles. The van der Waals surface area contributed by atoms with Crippen LogP contribution in [0.4, 0.5) is 0 Å². The monoisotopic (exact) mass is 436 g/mol. The van der Waals surface area contributed by atoms with Crippen molar-refractivity contribution in [1.82, 2.24) is 0 Å². The van der Waals surface area contributed by atoms with Crippen molar-refractivity contribution in [3.05, 3.63) is 120 Å². The molecule has 0 amide bonds. The Bertz CT molecular complexity index is 1120. The van der Waals surface area contributed by atoms with Gasteiger partial charge in [0.05, 0.1) is 0 Å². The molecule has 0 aliphatic carbocycles. The van der Waals surface area contributed by atoms with Gasteiger partial charge in [0.2, 0.25) is 0 Å². The minimum absolute atomic E-state index is 0.142. The molecule has 2 nitrogen and oxygen atoms in total. The standard InChI is InChI=1S/C31H32O2/c1-3-31(2,26-19-21-29(22-20-26)32-27-14-6-4-7-15-27)23-11-13-25-12-10-18-30(24-25)33-28-16-8-5-9-17-28/h4-10,12,14-22,24H,3,11,13,23H2,1-2H3. The summed E-state index contributed by atoms with van der Waals surface area (Å²) in [7, 11) is 0. The maximum absolute atomic E-state index is 6.00. The predicted molar refractivity (Wildman–Crippen MR) is 136 cm³/mol. The molecule has 0 saturated carbocycles. The van der Waals surface area contributed by atoms with Crippen LogP contribution in [0.15, 0.2) is 109 Å². The summed E-state index contributed by atoms with van der Waals surface area (Å²) in [6, 6.07) is 36.9. The van der Waals surface area contributed by atoms with Crippen molar-refractivity contribution in [2.75, 3.05) is 0 Å². The van der Waals surface area contributed by atoms with Crippen LogP contribution in [0.3, 0.4) is 0 Å². The van der Waals surface area contributed by atoms with E-state index >= 15 is 0 Å². The fourth-order valence-electron chi connectivity index (χ4n) is 4.15. The van der Waals surface area contributed by atoms with Crippen molar-refractivity contribution < 1.29 is 9.47 Å². The van der Waals surface area contributed by atoms with Crippen molar-refractivity contribution in [2.45, 2.75) is 44.9 Å². The van der Waals surface area contributed by atoms with E-state index in [1.165, 1.54) is 11.1 Å². The van der Waals surface area contributed by atoms with Crippen molar-refractivity contribution in [3.63, 3.8) is 0 Å². The van der Waals surface area contributed by atoms with Crippen LogP contribution in [0.2, 0.25) is 0 Å². The molecule has 168 valence electrons. The summed E-state index contributed by atoms with van der Waals surface area (Å²) in [5, 5.41) is 0. The van der Waals surface area contributed by atoms with Crippen LogP contribution in [-0.2, 0) is 11.8 Å². The zero-order chi connectivity index (χ0) is 22.9. The van der Waals surface area contributed by atoms with Crippen molar-refractivity contribution in [3.8, 4) is 23.0 Å². The van der Waals surface area contributed by atoms with Gasteiger partial charge in [0, 0.05) is 0 Å². The zero-order valence-electron chi connectivity index (χ0n) is 19.5. The number of para-hydroxylation sites is 2. The number of hydrogen-bond acceptors (Lipinski definition) is 2. The molecule has 4 aromatic rings. The molecule has 0 aliphatic rings. The Morgan fingerprint density at radius 1 is 0.606 bits per heavy atom. The van der Waals surface area contributed by atoms with Crippen LogP contribution in [0, 0.1) is 0 Å². The molecule has 0 bridgehead atoms. The average Bonchev–Trinajstić information content (AvgIpc) is 2.86. The minimum Gasteiger partial charge on any atom is -0.457 e. The SMILES string of the molecule is CCC(C)(CCCc1cccc(Oc2ccccc2)c1)c1ccc(Oc2ccccc2)cc1. The molecule has 0 aliphatic heterocycles. The molecule has 4 aromatic carbocycles. The number of rotatable bonds is 10. The molecule has 0 fully saturated rings. The summed E-state index contributed by atoms with van der Waals surface area (Å²) in [4.78, 5) is 0. The molecule has 0 spiro atoms. The molecule has 33 heavy (non-hydrogen) atoms. The Kier molecular flexibility index (Phi) is 7.47. The van der Waals surface area contributed by atoms with Crippen LogP contribution < -0.4 is 9.47 Å². The van der Waals surface area contributed by atoms with Crippen molar-refractivity contribution in [2.24, 2.45) is 0 Å². The lowest BCUT2D eigenvalue weighted by Gasteiger charge is -2.29. The topological polar surface area (TPSA) is 18.5 Å². The second kappa shape index (κ2) is 10.9. The van der Waals surface area contributed by atoms with Gasteiger partial charge in [0.25, 0.3) is 0 Å². The van der Waals surface area contributed by atoms with Gasteiger partial charge in [-0.2, -0.15) is 0 Å². The van der Waals surface area contributed by atoms with Gasteiger partial charge in [0.15, 0.2) is 0 Å². The smallest absolute Gasteiger partial charge is 0.127 e. The number of aryl methyl sites for hydroxylation is 1. The summed E-state index contributed by atoms with van der Waals surface area (Å²) < 4.78 is 12.0. The largest absolute Gasteiger partial charge is 0.457 e. The van der Waals surface area contributed by atoms with Crippen LogP contribution in [0.1, 0.15) is 44.2 Å². The lowest BCUT2D eigenvalue weighted by molar-refractivity contribution is 0.404. The van der Waals surface area contributed by atoms with Gasteiger partial charge in [-0.15, -0.1) is 0 Å². The Hall–Kier alpha value is -3.52. The van der Waals surface area contributed by atoms with Crippen LogP contribution in [0.5, 0.6) is 23.0 Å². The highest BCUT2D eigenvalue weighted by molar-refractivity contribution is 5.36. The first-order valence-corrected chi connectivity index (χ1v) is 11.8. The highest BCUT2D eigenvalue weighted by atomic mass is 16.5. The van der Waals surface area contributed by atoms with Gasteiger partial charge in [-0.25, -0.2) is 0 Å². The van der Waals surface area contributed by atoms with E-state index in [9.17, 15) is 0 Å². The molecular formula is C31H32O2. The molecule has 0 saturated heterocycles. The number of hydrogen-bond donors (Lipinski definition) is 0. The molecule has 0 heterocycles. The normalized spacial score (nSPS) is 12.7. The quantitative estimate of drug-likeness (QED) is 0.247. The van der Waals surface area contributed by atoms with Gasteiger partial charge in [-0.1, -0.05) is 74.5 Å². The van der Waals surface area contributed by atoms with Crippen molar-refractivity contribution in [1.29, 1.82) is 0 Å².